The molecular weight excluding hydrogens is 404 g/mol. The van der Waals surface area contributed by atoms with Gasteiger partial charge in [0, 0.05) is 26.2 Å². The lowest BCUT2D eigenvalue weighted by atomic mass is 10.2. The molecule has 30 heavy (non-hydrogen) atoms. The molecule has 2 aromatic heterocycles. The van der Waals surface area contributed by atoms with Crippen LogP contribution < -0.4 is 4.74 Å². The van der Waals surface area contributed by atoms with Crippen molar-refractivity contribution >= 4 is 17.2 Å². The summed E-state index contributed by atoms with van der Waals surface area (Å²) in [6.45, 7) is 3.89. The molecule has 1 aliphatic rings. The predicted octanol–water partition coefficient (Wildman–Crippen LogP) is 2.67. The summed E-state index contributed by atoms with van der Waals surface area (Å²) in [6.07, 6.45) is 0. The molecule has 1 aliphatic heterocycles. The summed E-state index contributed by atoms with van der Waals surface area (Å²) < 4.78 is 16.2. The van der Waals surface area contributed by atoms with Gasteiger partial charge in [-0.25, -0.2) is 0 Å². The maximum atomic E-state index is 12.4. The molecule has 0 saturated carbocycles. The second-order valence-corrected chi connectivity index (χ2v) is 7.94. The fourth-order valence-corrected chi connectivity index (χ4v) is 3.93. The zero-order valence-electron chi connectivity index (χ0n) is 16.8. The van der Waals surface area contributed by atoms with Gasteiger partial charge in [-0.2, -0.15) is 4.98 Å². The van der Waals surface area contributed by atoms with E-state index in [-0.39, 0.29) is 12.5 Å². The Balaban J connectivity index is 1.19. The van der Waals surface area contributed by atoms with E-state index >= 15 is 0 Å². The SMILES string of the molecule is COc1cccc(COCC(=O)N2CCN(Cc3nc(-c4cccs4)no3)CC2)c1. The standard InChI is InChI=1S/C21H24N4O4S/c1-27-17-5-2-4-16(12-17)14-28-15-20(26)25-9-7-24(8-10-25)13-19-22-21(23-29-19)18-6-3-11-30-18/h2-6,11-12H,7-10,13-15H2,1H3. The second kappa shape index (κ2) is 9.84. The number of amides is 1. The number of rotatable bonds is 8. The minimum Gasteiger partial charge on any atom is -0.497 e. The first-order chi connectivity index (χ1) is 14.7. The molecule has 1 amide bonds. The van der Waals surface area contributed by atoms with Crippen molar-refractivity contribution in [3.05, 3.63) is 53.2 Å². The van der Waals surface area contributed by atoms with Crippen LogP contribution in [0.1, 0.15) is 11.5 Å². The van der Waals surface area contributed by atoms with E-state index in [0.29, 0.717) is 38.0 Å². The van der Waals surface area contributed by atoms with Gasteiger partial charge < -0.3 is 18.9 Å². The smallest absolute Gasteiger partial charge is 0.248 e. The molecule has 1 saturated heterocycles. The molecular formula is C21H24N4O4S. The van der Waals surface area contributed by atoms with Gasteiger partial charge in [-0.05, 0) is 29.1 Å². The van der Waals surface area contributed by atoms with Gasteiger partial charge in [-0.15, -0.1) is 11.3 Å². The number of nitrogens with zero attached hydrogens (tertiary/aromatic N) is 4. The van der Waals surface area contributed by atoms with Crippen LogP contribution in [0, 0.1) is 0 Å². The van der Waals surface area contributed by atoms with E-state index in [2.05, 4.69) is 15.0 Å². The van der Waals surface area contributed by atoms with Crippen molar-refractivity contribution in [2.45, 2.75) is 13.2 Å². The van der Waals surface area contributed by atoms with E-state index < -0.39 is 0 Å². The van der Waals surface area contributed by atoms with E-state index in [1.165, 1.54) is 0 Å². The Morgan fingerprint density at radius 1 is 1.20 bits per heavy atom. The summed E-state index contributed by atoms with van der Waals surface area (Å²) in [5, 5.41) is 6.03. The Labute approximate surface area is 179 Å². The zero-order chi connectivity index (χ0) is 20.8. The molecule has 0 radical (unpaired) electrons. The monoisotopic (exact) mass is 428 g/mol. The molecule has 0 aliphatic carbocycles. The molecule has 8 nitrogen and oxygen atoms in total. The summed E-state index contributed by atoms with van der Waals surface area (Å²) >= 11 is 1.58. The molecule has 0 unspecified atom stereocenters. The summed E-state index contributed by atoms with van der Waals surface area (Å²) in [5.74, 6) is 2.01. The van der Waals surface area contributed by atoms with Crippen LogP contribution in [0.3, 0.4) is 0 Å². The lowest BCUT2D eigenvalue weighted by Crippen LogP contribution is -2.49. The van der Waals surface area contributed by atoms with Crippen molar-refractivity contribution in [3.63, 3.8) is 0 Å². The number of benzene rings is 1. The maximum Gasteiger partial charge on any atom is 0.248 e. The Morgan fingerprint density at radius 3 is 2.83 bits per heavy atom. The van der Waals surface area contributed by atoms with Crippen molar-refractivity contribution in [2.24, 2.45) is 0 Å². The van der Waals surface area contributed by atoms with Gasteiger partial charge >= 0.3 is 0 Å². The Bertz CT molecular complexity index is 952. The predicted molar refractivity (Wildman–Crippen MR) is 112 cm³/mol. The number of methoxy groups -OCH3 is 1. The molecule has 0 atom stereocenters. The molecule has 0 N–H and O–H groups in total. The average molecular weight is 429 g/mol. The summed E-state index contributed by atoms with van der Waals surface area (Å²) in [6, 6.07) is 11.6. The topological polar surface area (TPSA) is 80.9 Å². The molecule has 1 fully saturated rings. The molecule has 0 spiro atoms. The van der Waals surface area contributed by atoms with Crippen LogP contribution in [0.15, 0.2) is 46.3 Å². The minimum atomic E-state index is 0.00955. The number of carbonyl (C=O) groups is 1. The van der Waals surface area contributed by atoms with Crippen LogP contribution in [-0.2, 0) is 22.7 Å². The lowest BCUT2D eigenvalue weighted by molar-refractivity contribution is -0.138. The van der Waals surface area contributed by atoms with E-state index in [4.69, 9.17) is 14.0 Å². The third-order valence-electron chi connectivity index (χ3n) is 4.92. The molecule has 3 aromatic rings. The van der Waals surface area contributed by atoms with E-state index in [0.717, 1.165) is 29.3 Å². The van der Waals surface area contributed by atoms with E-state index in [1.807, 2.05) is 46.7 Å². The zero-order valence-corrected chi connectivity index (χ0v) is 17.6. The molecule has 3 heterocycles. The van der Waals surface area contributed by atoms with Crippen LogP contribution in [-0.4, -0.2) is 65.7 Å². The second-order valence-electron chi connectivity index (χ2n) is 6.99. The molecule has 158 valence electrons. The number of hydrogen-bond acceptors (Lipinski definition) is 8. The number of piperazine rings is 1. The van der Waals surface area contributed by atoms with Gasteiger partial charge in [0.25, 0.3) is 0 Å². The number of carbonyl (C=O) groups excluding carboxylic acids is 1. The van der Waals surface area contributed by atoms with Crippen LogP contribution >= 0.6 is 11.3 Å². The van der Waals surface area contributed by atoms with Crippen molar-refractivity contribution < 1.29 is 18.8 Å². The fraction of sp³-hybridized carbons (Fsp3) is 0.381. The van der Waals surface area contributed by atoms with Gasteiger partial charge in [0.2, 0.25) is 17.6 Å². The van der Waals surface area contributed by atoms with Crippen LogP contribution in [0.4, 0.5) is 0 Å². The van der Waals surface area contributed by atoms with Gasteiger partial charge in [-0.3, -0.25) is 9.69 Å². The highest BCUT2D eigenvalue weighted by atomic mass is 32.1. The molecule has 9 heteroatoms. The molecule has 4 rings (SSSR count). The lowest BCUT2D eigenvalue weighted by Gasteiger charge is -2.33. The Kier molecular flexibility index (Phi) is 6.73. The Hall–Kier alpha value is -2.75. The number of aromatic nitrogens is 2. The first-order valence-corrected chi connectivity index (χ1v) is 10.7. The third-order valence-corrected chi connectivity index (χ3v) is 5.79. The van der Waals surface area contributed by atoms with Gasteiger partial charge in [0.05, 0.1) is 25.1 Å². The summed E-state index contributed by atoms with van der Waals surface area (Å²) in [5.41, 5.74) is 0.980. The van der Waals surface area contributed by atoms with Crippen molar-refractivity contribution in [2.75, 3.05) is 39.9 Å². The highest BCUT2D eigenvalue weighted by molar-refractivity contribution is 7.13. The first-order valence-electron chi connectivity index (χ1n) is 9.78. The average Bonchev–Trinajstić information content (AvgIpc) is 3.46. The quantitative estimate of drug-likeness (QED) is 0.546. The van der Waals surface area contributed by atoms with Crippen molar-refractivity contribution in [1.29, 1.82) is 0 Å². The Morgan fingerprint density at radius 2 is 2.07 bits per heavy atom. The molecule has 1 aromatic carbocycles. The third kappa shape index (κ3) is 5.24. The van der Waals surface area contributed by atoms with Crippen LogP contribution in [0.25, 0.3) is 10.7 Å². The van der Waals surface area contributed by atoms with Crippen LogP contribution in [0.2, 0.25) is 0 Å². The van der Waals surface area contributed by atoms with Crippen molar-refractivity contribution in [1.82, 2.24) is 19.9 Å². The highest BCUT2D eigenvalue weighted by Gasteiger charge is 2.22. The maximum absolute atomic E-state index is 12.4. The van der Waals surface area contributed by atoms with Gasteiger partial charge in [0.1, 0.15) is 12.4 Å². The fourth-order valence-electron chi connectivity index (χ4n) is 3.28. The van der Waals surface area contributed by atoms with E-state index in [1.54, 1.807) is 18.4 Å². The molecule has 0 bridgehead atoms. The largest absolute Gasteiger partial charge is 0.497 e. The number of hydrogen-bond donors (Lipinski definition) is 0. The van der Waals surface area contributed by atoms with E-state index in [9.17, 15) is 4.79 Å². The summed E-state index contributed by atoms with van der Waals surface area (Å²) in [7, 11) is 1.63. The van der Waals surface area contributed by atoms with Gasteiger partial charge in [-0.1, -0.05) is 23.4 Å². The summed E-state index contributed by atoms with van der Waals surface area (Å²) in [4.78, 5) is 21.9. The first kappa shape index (κ1) is 20.5. The minimum absolute atomic E-state index is 0.00955. The van der Waals surface area contributed by atoms with Crippen molar-refractivity contribution in [3.8, 4) is 16.5 Å². The normalized spacial score (nSPS) is 14.8. The number of thiophene rings is 1. The van der Waals surface area contributed by atoms with Gasteiger partial charge in [0.15, 0.2) is 0 Å². The number of ether oxygens (including phenoxy) is 2. The highest BCUT2D eigenvalue weighted by Crippen LogP contribution is 2.21. The van der Waals surface area contributed by atoms with Crippen LogP contribution in [0.5, 0.6) is 5.75 Å².